The van der Waals surface area contributed by atoms with Crippen LogP contribution >= 0.6 is 0 Å². The highest BCUT2D eigenvalue weighted by Gasteiger charge is 0.490. The molecule has 5 heavy (non-hydrogen) atoms. The second-order valence-corrected chi connectivity index (χ2v) is 0. The quantitative estimate of drug-likeness (QED) is 0.311. The molecule has 0 aromatic heterocycles. The zero-order valence-corrected chi connectivity index (χ0v) is 8.72. The van der Waals surface area contributed by atoms with Crippen molar-refractivity contribution in [1.82, 2.24) is 0 Å². The normalized spacial score (nSPS) is 1.20. The minimum absolute atomic E-state index is 0. The van der Waals surface area contributed by atoms with E-state index in [2.05, 4.69) is 0 Å². The first-order valence-electron chi connectivity index (χ1n) is 0.289. The summed E-state index contributed by atoms with van der Waals surface area (Å²) in [5.41, 5.74) is 0. The SMILES string of the molecule is [I-].[I-].[I-].[NH3+][O-]. The van der Waals surface area contributed by atoms with Crippen LogP contribution < -0.4 is 77.8 Å². The summed E-state index contributed by atoms with van der Waals surface area (Å²) in [4.78, 5) is 0. The summed E-state index contributed by atoms with van der Waals surface area (Å²) in [6.07, 6.45) is 0. The van der Waals surface area contributed by atoms with E-state index in [1.807, 2.05) is 5.90 Å². The van der Waals surface area contributed by atoms with Crippen molar-refractivity contribution in [3.05, 3.63) is 5.21 Å². The molecule has 0 radical (unpaired) electrons. The fourth-order valence-electron chi connectivity index (χ4n) is 0. The van der Waals surface area contributed by atoms with Crippen molar-refractivity contribution in [3.63, 3.8) is 0 Å². The van der Waals surface area contributed by atoms with Crippen LogP contribution in [0.4, 0.5) is 0 Å². The molecule has 0 aromatic rings. The third-order valence-electron chi connectivity index (χ3n) is 0. The topological polar surface area (TPSA) is 50.7 Å². The standard InChI is InChI=1S/3HI.H3NO/c;;;1-2/h3*1H;1H3/p-3. The predicted molar refractivity (Wildman–Crippen MR) is 6.26 cm³/mol. The third kappa shape index (κ3) is 23.2. The lowest BCUT2D eigenvalue weighted by Crippen LogP contribution is -3.00. The number of hydrogen-bond donors (Lipinski definition) is 1. The minimum atomic E-state index is 0. The first-order valence-corrected chi connectivity index (χ1v) is 0.289. The summed E-state index contributed by atoms with van der Waals surface area (Å²) >= 11 is 0. The van der Waals surface area contributed by atoms with Gasteiger partial charge in [0.05, 0.1) is 0 Å². The molecule has 0 aliphatic heterocycles. The summed E-state index contributed by atoms with van der Waals surface area (Å²) < 4.78 is 0. The van der Waals surface area contributed by atoms with Crippen molar-refractivity contribution in [2.24, 2.45) is 0 Å². The molecule has 5 heteroatoms. The van der Waals surface area contributed by atoms with E-state index < -0.39 is 0 Å². The van der Waals surface area contributed by atoms with Gasteiger partial charge in [-0.1, -0.05) is 0 Å². The average Bonchev–Trinajstić information content (AvgIpc) is 1.00. The number of quaternary nitrogens is 1. The summed E-state index contributed by atoms with van der Waals surface area (Å²) in [6.45, 7) is 0. The molecular formula is H3I3NO-3. The van der Waals surface area contributed by atoms with Gasteiger partial charge in [0.15, 0.2) is 0 Å². The van der Waals surface area contributed by atoms with Crippen molar-refractivity contribution >= 4 is 0 Å². The van der Waals surface area contributed by atoms with Gasteiger partial charge in [0.1, 0.15) is 0 Å². The average molecular weight is 414 g/mol. The molecule has 0 atom stereocenters. The molecular weight excluding hydrogens is 411 g/mol. The molecule has 2 nitrogen and oxygen atoms in total. The van der Waals surface area contributed by atoms with Crippen LogP contribution in [0.25, 0.3) is 0 Å². The molecule has 0 aromatic carbocycles. The Morgan fingerprint density at radius 3 is 0.800 bits per heavy atom. The van der Waals surface area contributed by atoms with E-state index in [0.29, 0.717) is 0 Å². The van der Waals surface area contributed by atoms with E-state index in [4.69, 9.17) is 5.21 Å². The lowest BCUT2D eigenvalue weighted by atomic mass is 13.6. The Morgan fingerprint density at radius 2 is 0.800 bits per heavy atom. The Kier molecular flexibility index (Phi) is 197. The van der Waals surface area contributed by atoms with Crippen LogP contribution in [-0.2, 0) is 0 Å². The summed E-state index contributed by atoms with van der Waals surface area (Å²) in [5.74, 6) is 2.00. The Bertz CT molecular complexity index is 6.85. The van der Waals surface area contributed by atoms with Gasteiger partial charge in [-0.2, -0.15) is 0 Å². The van der Waals surface area contributed by atoms with E-state index >= 15 is 0 Å². The van der Waals surface area contributed by atoms with Crippen molar-refractivity contribution in [3.8, 4) is 0 Å². The molecule has 0 amide bonds. The van der Waals surface area contributed by atoms with Gasteiger partial charge in [0.2, 0.25) is 0 Å². The highest BCUT2D eigenvalue weighted by atomic mass is 127. The van der Waals surface area contributed by atoms with Crippen LogP contribution in [-0.4, -0.2) is 0 Å². The maximum absolute atomic E-state index is 8.00. The zero-order valence-electron chi connectivity index (χ0n) is 2.25. The van der Waals surface area contributed by atoms with Crippen molar-refractivity contribution in [2.45, 2.75) is 0 Å². The van der Waals surface area contributed by atoms with Gasteiger partial charge in [-0.25, -0.2) is 0 Å². The summed E-state index contributed by atoms with van der Waals surface area (Å²) in [5, 5.41) is 8.00. The van der Waals surface area contributed by atoms with Crippen molar-refractivity contribution < 1.29 is 77.8 Å². The molecule has 0 fully saturated rings. The van der Waals surface area contributed by atoms with E-state index in [1.165, 1.54) is 0 Å². The fourth-order valence-corrected chi connectivity index (χ4v) is 0. The van der Waals surface area contributed by atoms with Crippen LogP contribution in [0.5, 0.6) is 0 Å². The Labute approximate surface area is 81.9 Å². The number of halogens is 3. The Morgan fingerprint density at radius 1 is 0.800 bits per heavy atom. The van der Waals surface area contributed by atoms with E-state index in [-0.39, 0.29) is 71.9 Å². The van der Waals surface area contributed by atoms with Crippen LogP contribution in [0, 0.1) is 5.21 Å². The van der Waals surface area contributed by atoms with Crippen molar-refractivity contribution in [2.75, 3.05) is 0 Å². The van der Waals surface area contributed by atoms with Crippen LogP contribution in [0.3, 0.4) is 0 Å². The lowest BCUT2D eigenvalue weighted by Gasteiger charge is -1.52. The van der Waals surface area contributed by atoms with Crippen LogP contribution in [0.15, 0.2) is 0 Å². The zero-order chi connectivity index (χ0) is 2.00. The van der Waals surface area contributed by atoms with Gasteiger partial charge in [-0.05, 0) is 0 Å². The van der Waals surface area contributed by atoms with Gasteiger partial charge in [-0.15, -0.1) is 0 Å². The molecule has 0 aliphatic carbocycles. The van der Waals surface area contributed by atoms with E-state index in [1.54, 1.807) is 0 Å². The monoisotopic (exact) mass is 414 g/mol. The molecule has 0 heterocycles. The fraction of sp³-hybridized carbons (Fsp3) is 0. The van der Waals surface area contributed by atoms with E-state index in [0.717, 1.165) is 0 Å². The maximum atomic E-state index is 8.00. The van der Waals surface area contributed by atoms with Gasteiger partial charge >= 0.3 is 0 Å². The molecule has 0 unspecified atom stereocenters. The summed E-state index contributed by atoms with van der Waals surface area (Å²) in [6, 6.07) is 0. The second-order valence-electron chi connectivity index (χ2n) is 0. The largest absolute Gasteiger partial charge is 1.00 e. The molecule has 0 saturated carbocycles. The summed E-state index contributed by atoms with van der Waals surface area (Å²) in [7, 11) is 0. The van der Waals surface area contributed by atoms with Gasteiger partial charge in [0, 0.05) is 0 Å². The first kappa shape index (κ1) is 27.4. The smallest absolute Gasteiger partial charge is 0.397 e. The minimum Gasteiger partial charge on any atom is -1.00 e. The first-order chi connectivity index (χ1) is 1.00. The highest BCUT2D eigenvalue weighted by Crippen LogP contribution is 0.450. The molecule has 0 bridgehead atoms. The molecule has 3 N–H and O–H groups in total. The van der Waals surface area contributed by atoms with E-state index in [9.17, 15) is 0 Å². The number of hydrogen-bond acceptors (Lipinski definition) is 1. The molecule has 0 aliphatic rings. The third-order valence-corrected chi connectivity index (χ3v) is 0. The van der Waals surface area contributed by atoms with Crippen LogP contribution in [0.2, 0.25) is 0 Å². The van der Waals surface area contributed by atoms with Gasteiger partial charge < -0.3 is 83.0 Å². The number of rotatable bonds is 0. The van der Waals surface area contributed by atoms with Crippen LogP contribution in [0.1, 0.15) is 0 Å². The lowest BCUT2D eigenvalue weighted by molar-refractivity contribution is -0.275. The van der Waals surface area contributed by atoms with Crippen molar-refractivity contribution in [1.29, 1.82) is 0 Å². The van der Waals surface area contributed by atoms with Gasteiger partial charge in [-0.3, -0.25) is 0 Å². The Hall–Kier alpha value is 2.11. The molecule has 0 spiro atoms. The second kappa shape index (κ2) is 35.8. The van der Waals surface area contributed by atoms with Gasteiger partial charge in [0.25, 0.3) is 0 Å². The molecule has 0 saturated heterocycles. The maximum Gasteiger partial charge on any atom is -0.397 e. The predicted octanol–water partition coefficient (Wildman–Crippen LogP) is -10.3. The highest BCUT2D eigenvalue weighted by molar-refractivity contribution is 3.64. The molecule has 38 valence electrons. The molecule has 0 rings (SSSR count). The Balaban J connectivity index is -0.00000000167.